The van der Waals surface area contributed by atoms with Crippen molar-refractivity contribution in [1.29, 1.82) is 0 Å². The highest BCUT2D eigenvalue weighted by Gasteiger charge is 2.30. The van der Waals surface area contributed by atoms with Crippen LogP contribution in [0.5, 0.6) is 0 Å². The molecule has 0 aromatic heterocycles. The lowest BCUT2D eigenvalue weighted by Gasteiger charge is -2.38. The molecule has 0 heterocycles. The predicted octanol–water partition coefficient (Wildman–Crippen LogP) is 8.22. The number of hydrogen-bond acceptors (Lipinski definition) is 1. The van der Waals surface area contributed by atoms with Gasteiger partial charge in [0.25, 0.3) is 0 Å². The van der Waals surface area contributed by atoms with Crippen LogP contribution in [0.2, 0.25) is 0 Å². The van der Waals surface area contributed by atoms with Crippen molar-refractivity contribution in [3.63, 3.8) is 0 Å². The molecule has 2 aliphatic rings. The summed E-state index contributed by atoms with van der Waals surface area (Å²) in [4.78, 5) is 0. The molecule has 0 spiro atoms. The highest BCUT2D eigenvalue weighted by molar-refractivity contribution is 5.25. The van der Waals surface area contributed by atoms with E-state index in [-0.39, 0.29) is 0 Å². The molecule has 0 radical (unpaired) electrons. The minimum atomic E-state index is 0.720. The molecule has 2 saturated carbocycles. The quantitative estimate of drug-likeness (QED) is 0.287. The van der Waals surface area contributed by atoms with Crippen molar-refractivity contribution in [2.75, 3.05) is 6.61 Å². The third kappa shape index (κ3) is 7.14. The van der Waals surface area contributed by atoms with Gasteiger partial charge in [0.2, 0.25) is 0 Å². The zero-order valence-corrected chi connectivity index (χ0v) is 18.7. The fourth-order valence-corrected chi connectivity index (χ4v) is 5.52. The molecule has 0 N–H and O–H groups in total. The highest BCUT2D eigenvalue weighted by Crippen LogP contribution is 2.44. The van der Waals surface area contributed by atoms with Gasteiger partial charge >= 0.3 is 0 Å². The van der Waals surface area contributed by atoms with Crippen LogP contribution in [0, 0.1) is 17.8 Å². The van der Waals surface area contributed by atoms with Gasteiger partial charge in [-0.15, -0.1) is 6.58 Å². The average Bonchev–Trinajstić information content (AvgIpc) is 2.78. The van der Waals surface area contributed by atoms with Gasteiger partial charge in [-0.3, -0.25) is 0 Å². The van der Waals surface area contributed by atoms with Crippen LogP contribution in [0.15, 0.2) is 49.1 Å². The van der Waals surface area contributed by atoms with Crippen molar-refractivity contribution in [3.05, 3.63) is 60.2 Å². The number of rotatable bonds is 10. The molecule has 0 aliphatic heterocycles. The molecule has 1 aromatic carbocycles. The van der Waals surface area contributed by atoms with E-state index in [2.05, 4.69) is 49.9 Å². The Labute approximate surface area is 179 Å². The molecule has 0 amide bonds. The van der Waals surface area contributed by atoms with Gasteiger partial charge < -0.3 is 4.74 Å². The van der Waals surface area contributed by atoms with Crippen LogP contribution >= 0.6 is 0 Å². The predicted molar refractivity (Wildman–Crippen MR) is 125 cm³/mol. The number of hydrogen-bond donors (Lipinski definition) is 0. The maximum Gasteiger partial charge on any atom is 0.0717 e. The Morgan fingerprint density at radius 2 is 1.55 bits per heavy atom. The fraction of sp³-hybridized carbons (Fsp3) is 0.643. The molecule has 2 aliphatic carbocycles. The van der Waals surface area contributed by atoms with Crippen molar-refractivity contribution < 1.29 is 4.74 Å². The lowest BCUT2D eigenvalue weighted by atomic mass is 9.68. The van der Waals surface area contributed by atoms with Gasteiger partial charge in [-0.25, -0.2) is 0 Å². The molecule has 1 heteroatoms. The van der Waals surface area contributed by atoms with E-state index < -0.39 is 0 Å². The van der Waals surface area contributed by atoms with Crippen molar-refractivity contribution in [1.82, 2.24) is 0 Å². The first kappa shape index (κ1) is 22.3. The minimum Gasteiger partial charge on any atom is -0.376 e. The van der Waals surface area contributed by atoms with Crippen molar-refractivity contribution in [2.45, 2.75) is 90.1 Å². The Kier molecular flexibility index (Phi) is 9.54. The molecule has 29 heavy (non-hydrogen) atoms. The van der Waals surface area contributed by atoms with Crippen LogP contribution in [-0.2, 0) is 11.3 Å². The van der Waals surface area contributed by atoms with E-state index in [1.165, 1.54) is 69.8 Å². The maximum absolute atomic E-state index is 5.69. The zero-order valence-electron chi connectivity index (χ0n) is 18.7. The van der Waals surface area contributed by atoms with Crippen molar-refractivity contribution >= 4 is 0 Å². The van der Waals surface area contributed by atoms with Crippen LogP contribution in [0.1, 0.15) is 94.6 Å². The highest BCUT2D eigenvalue weighted by atomic mass is 16.5. The van der Waals surface area contributed by atoms with Gasteiger partial charge in [0, 0.05) is 0 Å². The minimum absolute atomic E-state index is 0.720. The Morgan fingerprint density at radius 1 is 0.897 bits per heavy atom. The zero-order chi connectivity index (χ0) is 20.3. The van der Waals surface area contributed by atoms with E-state index >= 15 is 0 Å². The smallest absolute Gasteiger partial charge is 0.0717 e. The summed E-state index contributed by atoms with van der Waals surface area (Å²) in [6.45, 7) is 7.46. The molecule has 0 bridgehead atoms. The number of allylic oxidation sites excluding steroid dienone is 2. The third-order valence-corrected chi connectivity index (χ3v) is 7.39. The summed E-state index contributed by atoms with van der Waals surface area (Å²) in [5.74, 6) is 3.75. The van der Waals surface area contributed by atoms with Gasteiger partial charge in [0.15, 0.2) is 0 Å². The van der Waals surface area contributed by atoms with E-state index in [1.54, 1.807) is 5.56 Å². The fourth-order valence-electron chi connectivity index (χ4n) is 5.52. The second-order valence-electron chi connectivity index (χ2n) is 9.38. The molecule has 1 aromatic rings. The molecule has 160 valence electrons. The van der Waals surface area contributed by atoms with E-state index in [0.29, 0.717) is 0 Å². The summed E-state index contributed by atoms with van der Waals surface area (Å²) >= 11 is 0. The average molecular weight is 395 g/mol. The van der Waals surface area contributed by atoms with E-state index in [0.717, 1.165) is 43.3 Å². The van der Waals surface area contributed by atoms with Crippen LogP contribution in [-0.4, -0.2) is 6.61 Å². The van der Waals surface area contributed by atoms with Crippen molar-refractivity contribution in [3.8, 4) is 0 Å². The molecule has 1 nitrogen and oxygen atoms in total. The number of ether oxygens (including phenoxy) is 1. The Morgan fingerprint density at radius 3 is 2.17 bits per heavy atom. The number of benzene rings is 1. The molecule has 0 unspecified atom stereocenters. The molecule has 3 rings (SSSR count). The van der Waals surface area contributed by atoms with E-state index in [1.807, 2.05) is 6.08 Å². The second kappa shape index (κ2) is 12.4. The SMILES string of the molecule is C=CCCOCc1ccc(C2CCC(C3CCC(CC=CCC)CC3)CC2)cc1. The largest absolute Gasteiger partial charge is 0.376 e. The Balaban J connectivity index is 1.38. The molecular weight excluding hydrogens is 352 g/mol. The Bertz CT molecular complexity index is 598. The summed E-state index contributed by atoms with van der Waals surface area (Å²) in [6, 6.07) is 9.24. The summed E-state index contributed by atoms with van der Waals surface area (Å²) in [5, 5.41) is 0. The summed E-state index contributed by atoms with van der Waals surface area (Å²) in [7, 11) is 0. The van der Waals surface area contributed by atoms with Crippen LogP contribution in [0.4, 0.5) is 0 Å². The van der Waals surface area contributed by atoms with Gasteiger partial charge in [0.1, 0.15) is 0 Å². The maximum atomic E-state index is 5.69. The van der Waals surface area contributed by atoms with Gasteiger partial charge in [-0.05, 0) is 105 Å². The molecule has 0 atom stereocenters. The monoisotopic (exact) mass is 394 g/mol. The lowest BCUT2D eigenvalue weighted by molar-refractivity contribution is 0.125. The van der Waals surface area contributed by atoms with Gasteiger partial charge in [0.05, 0.1) is 13.2 Å². The van der Waals surface area contributed by atoms with E-state index in [4.69, 9.17) is 4.74 Å². The van der Waals surface area contributed by atoms with Crippen LogP contribution < -0.4 is 0 Å². The molecule has 0 saturated heterocycles. The first-order valence-electron chi connectivity index (χ1n) is 12.2. The van der Waals surface area contributed by atoms with E-state index in [9.17, 15) is 0 Å². The van der Waals surface area contributed by atoms with Gasteiger partial charge in [-0.1, -0.05) is 49.4 Å². The van der Waals surface area contributed by atoms with Gasteiger partial charge in [-0.2, -0.15) is 0 Å². The molecule has 2 fully saturated rings. The first-order chi connectivity index (χ1) is 14.3. The lowest BCUT2D eigenvalue weighted by Crippen LogP contribution is -2.25. The topological polar surface area (TPSA) is 9.23 Å². The molecular formula is C28H42O. The summed E-state index contributed by atoms with van der Waals surface area (Å²) in [5.41, 5.74) is 2.83. The van der Waals surface area contributed by atoms with Crippen LogP contribution in [0.3, 0.4) is 0 Å². The first-order valence-corrected chi connectivity index (χ1v) is 12.2. The standard InChI is InChI=1S/C28H42O/c1-3-5-7-8-23-9-13-25(14-10-23)27-17-19-28(20-18-27)26-15-11-24(12-16-26)22-29-21-6-4-2/h4-5,7,11-12,15-16,23,25,27-28H,2-3,6,8-10,13-14,17-22H2,1H3. The van der Waals surface area contributed by atoms with Crippen molar-refractivity contribution in [2.24, 2.45) is 17.8 Å². The third-order valence-electron chi connectivity index (χ3n) is 7.39. The normalized spacial score (nSPS) is 27.9. The Hall–Kier alpha value is -1.34. The van der Waals surface area contributed by atoms with Crippen LogP contribution in [0.25, 0.3) is 0 Å². The summed E-state index contributed by atoms with van der Waals surface area (Å²) in [6.07, 6.45) is 21.7. The summed E-state index contributed by atoms with van der Waals surface area (Å²) < 4.78 is 5.69. The second-order valence-corrected chi connectivity index (χ2v) is 9.38.